The summed E-state index contributed by atoms with van der Waals surface area (Å²) in [5.41, 5.74) is 1.60. The third-order valence-corrected chi connectivity index (χ3v) is 5.43. The SMILES string of the molecule is CN(C(=O)CCN(CCc1ccc(F)cc1)S(C)(=O)=O)c1ccccc1. The lowest BCUT2D eigenvalue weighted by Gasteiger charge is -2.22. The summed E-state index contributed by atoms with van der Waals surface area (Å²) in [7, 11) is -1.77. The van der Waals surface area contributed by atoms with E-state index in [0.717, 1.165) is 17.5 Å². The Morgan fingerprint density at radius 2 is 1.62 bits per heavy atom. The van der Waals surface area contributed by atoms with Gasteiger partial charge in [-0.05, 0) is 36.2 Å². The molecule has 0 saturated heterocycles. The zero-order chi connectivity index (χ0) is 19.2. The molecular weight excluding hydrogens is 355 g/mol. The highest BCUT2D eigenvalue weighted by Crippen LogP contribution is 2.13. The fourth-order valence-corrected chi connectivity index (χ4v) is 3.38. The number of amides is 1. The number of benzene rings is 2. The Bertz CT molecular complexity index is 824. The Morgan fingerprint density at radius 3 is 2.19 bits per heavy atom. The van der Waals surface area contributed by atoms with Gasteiger partial charge in [0, 0.05) is 32.2 Å². The molecule has 140 valence electrons. The molecular formula is C19H23FN2O3S. The van der Waals surface area contributed by atoms with E-state index in [1.807, 2.05) is 30.3 Å². The average molecular weight is 378 g/mol. The van der Waals surface area contributed by atoms with E-state index in [1.165, 1.54) is 21.3 Å². The van der Waals surface area contributed by atoms with Crippen molar-refractivity contribution >= 4 is 21.6 Å². The van der Waals surface area contributed by atoms with Crippen molar-refractivity contribution in [3.05, 3.63) is 66.0 Å². The van der Waals surface area contributed by atoms with Crippen LogP contribution in [0.2, 0.25) is 0 Å². The van der Waals surface area contributed by atoms with Crippen LogP contribution in [0.4, 0.5) is 10.1 Å². The van der Waals surface area contributed by atoms with Gasteiger partial charge in [0.2, 0.25) is 15.9 Å². The van der Waals surface area contributed by atoms with Gasteiger partial charge in [0.25, 0.3) is 0 Å². The van der Waals surface area contributed by atoms with Crippen LogP contribution in [0.5, 0.6) is 0 Å². The predicted octanol–water partition coefficient (Wildman–Crippen LogP) is 2.68. The van der Waals surface area contributed by atoms with E-state index in [0.29, 0.717) is 6.42 Å². The molecule has 2 aromatic rings. The minimum atomic E-state index is -3.44. The summed E-state index contributed by atoms with van der Waals surface area (Å²) >= 11 is 0. The Hall–Kier alpha value is -2.25. The van der Waals surface area contributed by atoms with Crippen molar-refractivity contribution in [2.75, 3.05) is 31.3 Å². The molecule has 0 bridgehead atoms. The summed E-state index contributed by atoms with van der Waals surface area (Å²) in [4.78, 5) is 13.9. The van der Waals surface area contributed by atoms with Crippen LogP contribution in [0.25, 0.3) is 0 Å². The van der Waals surface area contributed by atoms with Crippen molar-refractivity contribution in [3.63, 3.8) is 0 Å². The molecule has 0 aliphatic carbocycles. The molecule has 0 heterocycles. The summed E-state index contributed by atoms with van der Waals surface area (Å²) in [5.74, 6) is -0.491. The van der Waals surface area contributed by atoms with Crippen molar-refractivity contribution in [1.29, 1.82) is 0 Å². The van der Waals surface area contributed by atoms with E-state index in [4.69, 9.17) is 0 Å². The summed E-state index contributed by atoms with van der Waals surface area (Å²) < 4.78 is 38.2. The van der Waals surface area contributed by atoms with Gasteiger partial charge in [-0.2, -0.15) is 0 Å². The van der Waals surface area contributed by atoms with Crippen molar-refractivity contribution < 1.29 is 17.6 Å². The predicted molar refractivity (Wildman–Crippen MR) is 101 cm³/mol. The van der Waals surface area contributed by atoms with Gasteiger partial charge >= 0.3 is 0 Å². The number of hydrogen-bond donors (Lipinski definition) is 0. The van der Waals surface area contributed by atoms with E-state index >= 15 is 0 Å². The zero-order valence-electron chi connectivity index (χ0n) is 14.9. The Balaban J connectivity index is 1.95. The van der Waals surface area contributed by atoms with Crippen molar-refractivity contribution in [3.8, 4) is 0 Å². The van der Waals surface area contributed by atoms with Gasteiger partial charge in [0.05, 0.1) is 6.26 Å². The number of anilines is 1. The largest absolute Gasteiger partial charge is 0.315 e. The topological polar surface area (TPSA) is 57.7 Å². The van der Waals surface area contributed by atoms with Crippen LogP contribution in [0.15, 0.2) is 54.6 Å². The molecule has 0 aliphatic rings. The van der Waals surface area contributed by atoms with E-state index in [9.17, 15) is 17.6 Å². The molecule has 7 heteroatoms. The standard InChI is InChI=1S/C19H23FN2O3S/c1-21(18-6-4-3-5-7-18)19(23)13-15-22(26(2,24)25)14-12-16-8-10-17(20)11-9-16/h3-11H,12-15H2,1-2H3. The molecule has 0 saturated carbocycles. The minimum Gasteiger partial charge on any atom is -0.315 e. The zero-order valence-corrected chi connectivity index (χ0v) is 15.7. The highest BCUT2D eigenvalue weighted by molar-refractivity contribution is 7.88. The number of hydrogen-bond acceptors (Lipinski definition) is 3. The molecule has 0 fully saturated rings. The summed E-state index contributed by atoms with van der Waals surface area (Å²) in [6.07, 6.45) is 1.67. The van der Waals surface area contributed by atoms with Crippen LogP contribution in [-0.2, 0) is 21.2 Å². The lowest BCUT2D eigenvalue weighted by atomic mass is 10.1. The van der Waals surface area contributed by atoms with Gasteiger partial charge in [-0.25, -0.2) is 17.1 Å². The lowest BCUT2D eigenvalue weighted by Crippen LogP contribution is -2.36. The maximum absolute atomic E-state index is 13.0. The van der Waals surface area contributed by atoms with Crippen LogP contribution in [0.3, 0.4) is 0 Å². The third-order valence-electron chi connectivity index (χ3n) is 4.12. The van der Waals surface area contributed by atoms with Crippen LogP contribution < -0.4 is 4.90 Å². The lowest BCUT2D eigenvalue weighted by molar-refractivity contribution is -0.118. The quantitative estimate of drug-likeness (QED) is 0.710. The maximum atomic E-state index is 13.0. The first-order valence-corrected chi connectivity index (χ1v) is 10.1. The molecule has 2 aromatic carbocycles. The van der Waals surface area contributed by atoms with Gasteiger partial charge in [-0.1, -0.05) is 30.3 Å². The number of rotatable bonds is 8. The molecule has 0 aliphatic heterocycles. The van der Waals surface area contributed by atoms with Crippen LogP contribution in [0, 0.1) is 5.82 Å². The van der Waals surface area contributed by atoms with E-state index < -0.39 is 10.0 Å². The van der Waals surface area contributed by atoms with Gasteiger partial charge in [-0.3, -0.25) is 4.79 Å². The first-order chi connectivity index (χ1) is 12.3. The molecule has 26 heavy (non-hydrogen) atoms. The monoisotopic (exact) mass is 378 g/mol. The van der Waals surface area contributed by atoms with Crippen molar-refractivity contribution in [2.45, 2.75) is 12.8 Å². The Labute approximate surface area is 154 Å². The Morgan fingerprint density at radius 1 is 1.00 bits per heavy atom. The van der Waals surface area contributed by atoms with Crippen LogP contribution >= 0.6 is 0 Å². The minimum absolute atomic E-state index is 0.0852. The molecule has 0 aromatic heterocycles. The average Bonchev–Trinajstić information content (AvgIpc) is 2.62. The second-order valence-corrected chi connectivity index (χ2v) is 8.06. The van der Waals surface area contributed by atoms with E-state index in [1.54, 1.807) is 19.2 Å². The summed E-state index contributed by atoms with van der Waals surface area (Å²) in [5, 5.41) is 0. The normalized spacial score (nSPS) is 11.5. The molecule has 0 radical (unpaired) electrons. The van der Waals surface area contributed by atoms with E-state index in [2.05, 4.69) is 0 Å². The number of carbonyl (C=O) groups is 1. The molecule has 0 atom stereocenters. The molecule has 0 unspecified atom stereocenters. The Kier molecular flexibility index (Phi) is 6.88. The molecule has 0 spiro atoms. The second-order valence-electron chi connectivity index (χ2n) is 6.08. The van der Waals surface area contributed by atoms with Crippen LogP contribution in [-0.4, -0.2) is 45.0 Å². The second kappa shape index (κ2) is 8.91. The smallest absolute Gasteiger partial charge is 0.228 e. The first-order valence-electron chi connectivity index (χ1n) is 8.28. The fraction of sp³-hybridized carbons (Fsp3) is 0.316. The van der Waals surface area contributed by atoms with E-state index in [-0.39, 0.29) is 31.2 Å². The molecule has 5 nitrogen and oxygen atoms in total. The number of carbonyl (C=O) groups excluding carboxylic acids is 1. The highest BCUT2D eigenvalue weighted by atomic mass is 32.2. The molecule has 0 N–H and O–H groups in total. The number of halogens is 1. The number of para-hydroxylation sites is 1. The molecule has 2 rings (SSSR count). The van der Waals surface area contributed by atoms with Gasteiger partial charge in [-0.15, -0.1) is 0 Å². The number of sulfonamides is 1. The highest BCUT2D eigenvalue weighted by Gasteiger charge is 2.19. The van der Waals surface area contributed by atoms with Gasteiger partial charge < -0.3 is 4.90 Å². The third kappa shape index (κ3) is 5.93. The van der Waals surface area contributed by atoms with Crippen molar-refractivity contribution in [2.24, 2.45) is 0 Å². The van der Waals surface area contributed by atoms with Crippen molar-refractivity contribution in [1.82, 2.24) is 4.31 Å². The number of nitrogens with zero attached hydrogens (tertiary/aromatic N) is 2. The van der Waals surface area contributed by atoms with Crippen LogP contribution in [0.1, 0.15) is 12.0 Å². The molecule has 1 amide bonds. The summed E-state index contributed by atoms with van der Waals surface area (Å²) in [6, 6.07) is 15.1. The maximum Gasteiger partial charge on any atom is 0.228 e. The fourth-order valence-electron chi connectivity index (χ4n) is 2.53. The first kappa shape index (κ1) is 20.1. The van der Waals surface area contributed by atoms with Gasteiger partial charge in [0.1, 0.15) is 5.82 Å². The van der Waals surface area contributed by atoms with Gasteiger partial charge in [0.15, 0.2) is 0 Å². The summed E-state index contributed by atoms with van der Waals surface area (Å²) in [6.45, 7) is 0.350.